The van der Waals surface area contributed by atoms with Crippen LogP contribution in [0.15, 0.2) is 23.1 Å². The molecule has 0 N–H and O–H groups in total. The zero-order valence-corrected chi connectivity index (χ0v) is 13.2. The predicted molar refractivity (Wildman–Crippen MR) is 84.6 cm³/mol. The number of pyridine rings is 1. The van der Waals surface area contributed by atoms with Crippen LogP contribution in [0.5, 0.6) is 0 Å². The van der Waals surface area contributed by atoms with Crippen LogP contribution in [0.3, 0.4) is 0 Å². The lowest BCUT2D eigenvalue weighted by Crippen LogP contribution is -2.41. The highest BCUT2D eigenvalue weighted by Crippen LogP contribution is 2.17. The Bertz CT molecular complexity index is 738. The fraction of sp³-hybridized carbons (Fsp3) is 0.562. The second-order valence-electron chi connectivity index (χ2n) is 6.02. The number of likely N-dealkylation sites (tertiary alicyclic amines) is 1. The third kappa shape index (κ3) is 2.53. The fourth-order valence-corrected chi connectivity index (χ4v) is 3.08. The first-order valence-corrected chi connectivity index (χ1v) is 7.93. The molecule has 6 nitrogen and oxygen atoms in total. The van der Waals surface area contributed by atoms with Crippen molar-refractivity contribution in [3.63, 3.8) is 0 Å². The summed E-state index contributed by atoms with van der Waals surface area (Å²) >= 11 is 0. The molecular weight excluding hydrogens is 280 g/mol. The van der Waals surface area contributed by atoms with E-state index < -0.39 is 0 Å². The highest BCUT2D eigenvalue weighted by atomic mass is 16.2. The normalized spacial score (nSPS) is 16.4. The SMILES string of the molecule is CCn1c(=O)n(CC(=O)N2CCC(C)CC2)c2cccnc21. The average molecular weight is 302 g/mol. The first-order valence-electron chi connectivity index (χ1n) is 7.93. The number of aromatic nitrogens is 3. The minimum absolute atomic E-state index is 0.0213. The number of piperidine rings is 1. The number of nitrogens with zero attached hydrogens (tertiary/aromatic N) is 4. The van der Waals surface area contributed by atoms with Gasteiger partial charge in [0.05, 0.1) is 5.52 Å². The highest BCUT2D eigenvalue weighted by molar-refractivity contribution is 5.79. The number of rotatable bonds is 3. The molecule has 0 saturated carbocycles. The molecule has 0 aromatic carbocycles. The van der Waals surface area contributed by atoms with Gasteiger partial charge in [-0.25, -0.2) is 9.78 Å². The van der Waals surface area contributed by atoms with Crippen LogP contribution in [-0.4, -0.2) is 38.0 Å². The summed E-state index contributed by atoms with van der Waals surface area (Å²) in [5, 5.41) is 0. The highest BCUT2D eigenvalue weighted by Gasteiger charge is 2.22. The summed E-state index contributed by atoms with van der Waals surface area (Å²) in [5.74, 6) is 0.700. The molecule has 0 radical (unpaired) electrons. The van der Waals surface area contributed by atoms with E-state index in [-0.39, 0.29) is 18.1 Å². The molecule has 2 aromatic rings. The third-order valence-electron chi connectivity index (χ3n) is 4.52. The molecule has 0 atom stereocenters. The summed E-state index contributed by atoms with van der Waals surface area (Å²) in [6.45, 7) is 6.36. The largest absolute Gasteiger partial charge is 0.341 e. The van der Waals surface area contributed by atoms with Crippen LogP contribution in [-0.2, 0) is 17.9 Å². The van der Waals surface area contributed by atoms with Gasteiger partial charge in [-0.05, 0) is 37.8 Å². The van der Waals surface area contributed by atoms with E-state index in [0.717, 1.165) is 31.4 Å². The topological polar surface area (TPSA) is 60.1 Å². The molecule has 1 saturated heterocycles. The van der Waals surface area contributed by atoms with E-state index >= 15 is 0 Å². The molecule has 0 bridgehead atoms. The Morgan fingerprint density at radius 1 is 1.32 bits per heavy atom. The van der Waals surface area contributed by atoms with Crippen molar-refractivity contribution in [1.29, 1.82) is 0 Å². The molecule has 6 heteroatoms. The van der Waals surface area contributed by atoms with Crippen LogP contribution in [0.4, 0.5) is 0 Å². The molecule has 2 aromatic heterocycles. The van der Waals surface area contributed by atoms with Crippen molar-refractivity contribution in [2.45, 2.75) is 39.8 Å². The van der Waals surface area contributed by atoms with Gasteiger partial charge in [0.1, 0.15) is 6.54 Å². The van der Waals surface area contributed by atoms with Gasteiger partial charge in [0.2, 0.25) is 5.91 Å². The number of fused-ring (bicyclic) bond motifs is 1. The van der Waals surface area contributed by atoms with Crippen molar-refractivity contribution in [3.8, 4) is 0 Å². The second kappa shape index (κ2) is 5.94. The van der Waals surface area contributed by atoms with Crippen LogP contribution < -0.4 is 5.69 Å². The van der Waals surface area contributed by atoms with E-state index in [0.29, 0.717) is 18.1 Å². The first kappa shape index (κ1) is 14.8. The molecule has 118 valence electrons. The van der Waals surface area contributed by atoms with E-state index in [2.05, 4.69) is 11.9 Å². The fourth-order valence-electron chi connectivity index (χ4n) is 3.08. The van der Waals surface area contributed by atoms with Crippen LogP contribution >= 0.6 is 0 Å². The Morgan fingerprint density at radius 2 is 2.05 bits per heavy atom. The maximum atomic E-state index is 12.5. The number of hydrogen-bond donors (Lipinski definition) is 0. The maximum absolute atomic E-state index is 12.5. The van der Waals surface area contributed by atoms with Gasteiger partial charge in [0.15, 0.2) is 5.65 Å². The van der Waals surface area contributed by atoms with Crippen molar-refractivity contribution < 1.29 is 4.79 Å². The zero-order valence-electron chi connectivity index (χ0n) is 13.2. The van der Waals surface area contributed by atoms with Gasteiger partial charge in [-0.15, -0.1) is 0 Å². The van der Waals surface area contributed by atoms with Crippen LogP contribution in [0.1, 0.15) is 26.7 Å². The molecule has 0 unspecified atom stereocenters. The summed E-state index contributed by atoms with van der Waals surface area (Å²) in [5.41, 5.74) is 1.22. The molecule has 22 heavy (non-hydrogen) atoms. The van der Waals surface area contributed by atoms with Gasteiger partial charge in [-0.3, -0.25) is 13.9 Å². The number of amides is 1. The smallest absolute Gasteiger partial charge is 0.330 e. The molecule has 3 heterocycles. The predicted octanol–water partition coefficient (Wildman–Crippen LogP) is 1.48. The Hall–Kier alpha value is -2.11. The monoisotopic (exact) mass is 302 g/mol. The summed E-state index contributed by atoms with van der Waals surface area (Å²) < 4.78 is 3.16. The van der Waals surface area contributed by atoms with Gasteiger partial charge >= 0.3 is 5.69 Å². The van der Waals surface area contributed by atoms with E-state index in [9.17, 15) is 9.59 Å². The molecule has 1 fully saturated rings. The molecule has 1 aliphatic rings. The lowest BCUT2D eigenvalue weighted by molar-refractivity contribution is -0.133. The number of aryl methyl sites for hydroxylation is 1. The van der Waals surface area contributed by atoms with Gasteiger partial charge in [-0.2, -0.15) is 0 Å². The molecule has 1 amide bonds. The van der Waals surface area contributed by atoms with Crippen molar-refractivity contribution in [1.82, 2.24) is 19.0 Å². The van der Waals surface area contributed by atoms with Gasteiger partial charge in [0, 0.05) is 25.8 Å². The van der Waals surface area contributed by atoms with E-state index in [1.165, 1.54) is 0 Å². The molecule has 0 spiro atoms. The Morgan fingerprint density at radius 3 is 2.73 bits per heavy atom. The van der Waals surface area contributed by atoms with Gasteiger partial charge < -0.3 is 4.90 Å². The number of imidazole rings is 1. The maximum Gasteiger partial charge on any atom is 0.330 e. The lowest BCUT2D eigenvalue weighted by Gasteiger charge is -2.30. The van der Waals surface area contributed by atoms with Crippen LogP contribution in [0.2, 0.25) is 0 Å². The lowest BCUT2D eigenvalue weighted by atomic mass is 9.99. The van der Waals surface area contributed by atoms with Crippen molar-refractivity contribution >= 4 is 17.1 Å². The quantitative estimate of drug-likeness (QED) is 0.863. The summed E-state index contributed by atoms with van der Waals surface area (Å²) in [7, 11) is 0. The Balaban J connectivity index is 1.89. The summed E-state index contributed by atoms with van der Waals surface area (Å²) in [6, 6.07) is 3.65. The third-order valence-corrected chi connectivity index (χ3v) is 4.52. The van der Waals surface area contributed by atoms with Crippen molar-refractivity contribution in [2.75, 3.05) is 13.1 Å². The Kier molecular flexibility index (Phi) is 4.00. The standard InChI is InChI=1S/C16H22N4O2/c1-3-19-15-13(5-4-8-17-15)20(16(19)22)11-14(21)18-9-6-12(2)7-10-18/h4-5,8,12H,3,6-7,9-11H2,1-2H3. The average Bonchev–Trinajstić information content (AvgIpc) is 2.80. The van der Waals surface area contributed by atoms with E-state index in [1.54, 1.807) is 21.4 Å². The van der Waals surface area contributed by atoms with Crippen LogP contribution in [0.25, 0.3) is 11.2 Å². The van der Waals surface area contributed by atoms with Crippen molar-refractivity contribution in [3.05, 3.63) is 28.8 Å². The minimum atomic E-state index is -0.157. The Labute approximate surface area is 129 Å². The number of hydrogen-bond acceptors (Lipinski definition) is 3. The minimum Gasteiger partial charge on any atom is -0.341 e. The number of carbonyl (C=O) groups excluding carboxylic acids is 1. The van der Waals surface area contributed by atoms with Crippen LogP contribution in [0, 0.1) is 5.92 Å². The molecule has 1 aliphatic heterocycles. The molecule has 3 rings (SSSR count). The van der Waals surface area contributed by atoms with Gasteiger partial charge in [-0.1, -0.05) is 6.92 Å². The summed E-state index contributed by atoms with van der Waals surface area (Å²) in [4.78, 5) is 31.2. The zero-order chi connectivity index (χ0) is 15.7. The van der Waals surface area contributed by atoms with E-state index in [1.807, 2.05) is 17.9 Å². The summed E-state index contributed by atoms with van der Waals surface area (Å²) in [6.07, 6.45) is 3.75. The molecule has 0 aliphatic carbocycles. The van der Waals surface area contributed by atoms with Gasteiger partial charge in [0.25, 0.3) is 0 Å². The first-order chi connectivity index (χ1) is 10.6. The van der Waals surface area contributed by atoms with Crippen molar-refractivity contribution in [2.24, 2.45) is 5.92 Å². The van der Waals surface area contributed by atoms with E-state index in [4.69, 9.17) is 0 Å². The second-order valence-corrected chi connectivity index (χ2v) is 6.02. The molecular formula is C16H22N4O2. The number of carbonyl (C=O) groups is 1.